The number of nitrogens with two attached hydrogens (primary N) is 1. The number of aryl methyl sites for hydroxylation is 1. The molecular weight excluding hydrogens is 508 g/mol. The van der Waals surface area contributed by atoms with Crippen LogP contribution in [0.15, 0.2) is 16.8 Å². The summed E-state index contributed by atoms with van der Waals surface area (Å²) in [5.74, 6) is 1.49. The molecule has 0 aliphatic heterocycles. The number of anilines is 1. The zero-order valence-electron chi connectivity index (χ0n) is 20.8. The largest absolute Gasteiger partial charge is 0.469 e. The fourth-order valence-corrected chi connectivity index (χ4v) is 6.86. The SMILES string of the molecule is COC(=O)CCCCC(CCSSC(CCO)=C(C)N(C=O)Cc1cnc(C)nc1N)SC(C)=O. The highest BCUT2D eigenvalue weighted by atomic mass is 33.1. The molecule has 35 heavy (non-hydrogen) atoms. The minimum absolute atomic E-state index is 0.0360. The lowest BCUT2D eigenvalue weighted by molar-refractivity contribution is -0.140. The molecule has 196 valence electrons. The lowest BCUT2D eigenvalue weighted by atomic mass is 10.1. The first-order valence-corrected chi connectivity index (χ1v) is 14.6. The second-order valence-corrected chi connectivity index (χ2v) is 11.8. The van der Waals surface area contributed by atoms with Crippen molar-refractivity contribution >= 4 is 56.7 Å². The molecule has 0 aliphatic carbocycles. The average molecular weight is 545 g/mol. The Labute approximate surface area is 219 Å². The Balaban J connectivity index is 2.70. The number of aliphatic hydroxyl groups excluding tert-OH is 1. The molecule has 1 rings (SSSR count). The molecular formula is C23H36N4O5S3. The first-order valence-electron chi connectivity index (χ1n) is 11.4. The van der Waals surface area contributed by atoms with Crippen LogP contribution in [-0.2, 0) is 25.7 Å². The van der Waals surface area contributed by atoms with E-state index in [2.05, 4.69) is 14.7 Å². The van der Waals surface area contributed by atoms with Crippen molar-refractivity contribution in [1.82, 2.24) is 14.9 Å². The maximum Gasteiger partial charge on any atom is 0.305 e. The molecule has 1 aromatic rings. The quantitative estimate of drug-likeness (QED) is 0.127. The molecule has 12 heteroatoms. The molecule has 0 bridgehead atoms. The highest BCUT2D eigenvalue weighted by Gasteiger charge is 2.16. The lowest BCUT2D eigenvalue weighted by Gasteiger charge is -2.22. The second kappa shape index (κ2) is 17.6. The van der Waals surface area contributed by atoms with Crippen molar-refractivity contribution in [3.8, 4) is 0 Å². The van der Waals surface area contributed by atoms with Gasteiger partial charge in [-0.3, -0.25) is 14.4 Å². The summed E-state index contributed by atoms with van der Waals surface area (Å²) in [6.07, 6.45) is 6.45. The zero-order chi connectivity index (χ0) is 26.2. The Hall–Kier alpha value is -1.76. The molecule has 1 unspecified atom stereocenters. The van der Waals surface area contributed by atoms with E-state index in [0.29, 0.717) is 30.0 Å². The summed E-state index contributed by atoms with van der Waals surface area (Å²) in [7, 11) is 4.54. The number of unbranched alkanes of at least 4 members (excludes halogenated alkanes) is 1. The van der Waals surface area contributed by atoms with Crippen molar-refractivity contribution in [3.05, 3.63) is 28.2 Å². The van der Waals surface area contributed by atoms with E-state index in [-0.39, 0.29) is 29.5 Å². The zero-order valence-corrected chi connectivity index (χ0v) is 23.3. The van der Waals surface area contributed by atoms with Gasteiger partial charge in [-0.2, -0.15) is 0 Å². The molecule has 0 radical (unpaired) electrons. The van der Waals surface area contributed by atoms with Crippen LogP contribution < -0.4 is 5.73 Å². The number of aromatic nitrogens is 2. The van der Waals surface area contributed by atoms with Crippen LogP contribution in [0.5, 0.6) is 0 Å². The summed E-state index contributed by atoms with van der Waals surface area (Å²) in [4.78, 5) is 45.5. The summed E-state index contributed by atoms with van der Waals surface area (Å²) in [6, 6.07) is 0. The number of esters is 1. The smallest absolute Gasteiger partial charge is 0.305 e. The third kappa shape index (κ3) is 12.7. The molecule has 1 heterocycles. The van der Waals surface area contributed by atoms with E-state index in [4.69, 9.17) is 5.73 Å². The van der Waals surface area contributed by atoms with Gasteiger partial charge in [-0.1, -0.05) is 39.8 Å². The Morgan fingerprint density at radius 3 is 2.60 bits per heavy atom. The van der Waals surface area contributed by atoms with Gasteiger partial charge in [-0.25, -0.2) is 9.97 Å². The molecule has 1 atom stereocenters. The number of rotatable bonds is 17. The molecule has 0 saturated heterocycles. The van der Waals surface area contributed by atoms with E-state index in [9.17, 15) is 19.5 Å². The predicted octanol–water partition coefficient (Wildman–Crippen LogP) is 4.09. The summed E-state index contributed by atoms with van der Waals surface area (Å²) < 4.78 is 4.67. The molecule has 9 nitrogen and oxygen atoms in total. The number of hydrogen-bond donors (Lipinski definition) is 2. The highest BCUT2D eigenvalue weighted by molar-refractivity contribution is 8.78. The number of ether oxygens (including phenoxy) is 1. The van der Waals surface area contributed by atoms with E-state index >= 15 is 0 Å². The Morgan fingerprint density at radius 1 is 1.26 bits per heavy atom. The maximum atomic E-state index is 11.8. The van der Waals surface area contributed by atoms with Gasteiger partial charge in [0.2, 0.25) is 6.41 Å². The van der Waals surface area contributed by atoms with Crippen LogP contribution in [-0.4, -0.2) is 62.2 Å². The second-order valence-electron chi connectivity index (χ2n) is 7.79. The number of thioether (sulfide) groups is 1. The number of carbonyl (C=O) groups excluding carboxylic acids is 3. The number of hydrogen-bond acceptors (Lipinski definition) is 11. The lowest BCUT2D eigenvalue weighted by Crippen LogP contribution is -2.21. The minimum atomic E-state index is -0.215. The number of nitrogens with zero attached hydrogens (tertiary/aromatic N) is 3. The summed E-state index contributed by atoms with van der Waals surface area (Å²) in [6.45, 7) is 5.36. The van der Waals surface area contributed by atoms with E-state index in [1.54, 1.807) is 35.7 Å². The van der Waals surface area contributed by atoms with E-state index < -0.39 is 0 Å². The number of carbonyl (C=O) groups is 3. The van der Waals surface area contributed by atoms with Gasteiger partial charge >= 0.3 is 5.97 Å². The standard InChI is InChI=1S/C23H36N4O5S3/c1-16(27(15-29)14-19-13-25-17(2)26-23(19)24)21(9-11-28)35-33-12-10-20(34-18(3)30)7-5-6-8-22(31)32-4/h13,15,20,28H,5-12,14H2,1-4H3,(H2,24,25,26). The predicted molar refractivity (Wildman–Crippen MR) is 144 cm³/mol. The van der Waals surface area contributed by atoms with Crippen LogP contribution in [0.2, 0.25) is 0 Å². The van der Waals surface area contributed by atoms with Crippen molar-refractivity contribution in [2.24, 2.45) is 0 Å². The fourth-order valence-electron chi connectivity index (χ4n) is 3.13. The molecule has 1 aromatic heterocycles. The minimum Gasteiger partial charge on any atom is -0.469 e. The third-order valence-electron chi connectivity index (χ3n) is 5.06. The average Bonchev–Trinajstić information content (AvgIpc) is 2.82. The Kier molecular flexibility index (Phi) is 15.8. The number of methoxy groups -OCH3 is 1. The van der Waals surface area contributed by atoms with Gasteiger partial charge in [0.05, 0.1) is 13.7 Å². The normalized spacial score (nSPS) is 12.6. The summed E-state index contributed by atoms with van der Waals surface area (Å²) in [5, 5.41) is 9.81. The van der Waals surface area contributed by atoms with Gasteiger partial charge in [0, 0.05) is 59.7 Å². The van der Waals surface area contributed by atoms with Crippen LogP contribution in [0.3, 0.4) is 0 Å². The van der Waals surface area contributed by atoms with Crippen molar-refractivity contribution in [2.45, 2.75) is 71.1 Å². The van der Waals surface area contributed by atoms with Gasteiger partial charge in [0.15, 0.2) is 5.12 Å². The first-order chi connectivity index (χ1) is 16.7. The van der Waals surface area contributed by atoms with Gasteiger partial charge in [-0.05, 0) is 33.1 Å². The van der Waals surface area contributed by atoms with Gasteiger partial charge in [-0.15, -0.1) is 0 Å². The van der Waals surface area contributed by atoms with Crippen LogP contribution in [0, 0.1) is 6.92 Å². The van der Waals surface area contributed by atoms with Crippen LogP contribution in [0.25, 0.3) is 0 Å². The Morgan fingerprint density at radius 2 is 2.00 bits per heavy atom. The first kappa shape index (κ1) is 31.3. The van der Waals surface area contributed by atoms with Crippen LogP contribution in [0.4, 0.5) is 5.82 Å². The fraction of sp³-hybridized carbons (Fsp3) is 0.609. The number of amides is 1. The van der Waals surface area contributed by atoms with Gasteiger partial charge < -0.3 is 20.5 Å². The van der Waals surface area contributed by atoms with E-state index in [0.717, 1.165) is 48.4 Å². The number of aliphatic hydroxyl groups is 1. The van der Waals surface area contributed by atoms with Crippen molar-refractivity contribution < 1.29 is 24.2 Å². The maximum absolute atomic E-state index is 11.8. The third-order valence-corrected chi connectivity index (χ3v) is 8.87. The van der Waals surface area contributed by atoms with Crippen LogP contribution >= 0.6 is 33.3 Å². The summed E-state index contributed by atoms with van der Waals surface area (Å²) >= 11 is 1.34. The van der Waals surface area contributed by atoms with E-state index in [1.165, 1.54) is 29.7 Å². The van der Waals surface area contributed by atoms with E-state index in [1.807, 2.05) is 6.92 Å². The summed E-state index contributed by atoms with van der Waals surface area (Å²) in [5.41, 5.74) is 7.37. The number of nitrogen functional groups attached to an aromatic ring is 1. The monoisotopic (exact) mass is 544 g/mol. The van der Waals surface area contributed by atoms with Crippen molar-refractivity contribution in [3.63, 3.8) is 0 Å². The molecule has 0 aromatic carbocycles. The molecule has 0 saturated carbocycles. The highest BCUT2D eigenvalue weighted by Crippen LogP contribution is 2.37. The molecule has 3 N–H and O–H groups in total. The molecule has 0 spiro atoms. The molecule has 0 fully saturated rings. The topological polar surface area (TPSA) is 136 Å². The van der Waals surface area contributed by atoms with Gasteiger partial charge in [0.25, 0.3) is 0 Å². The van der Waals surface area contributed by atoms with Crippen molar-refractivity contribution in [2.75, 3.05) is 25.2 Å². The van der Waals surface area contributed by atoms with Crippen LogP contribution in [0.1, 0.15) is 63.8 Å². The Bertz CT molecular complexity index is 870. The molecule has 1 amide bonds. The van der Waals surface area contributed by atoms with Crippen molar-refractivity contribution in [1.29, 1.82) is 0 Å². The van der Waals surface area contributed by atoms with Gasteiger partial charge in [0.1, 0.15) is 11.6 Å². The number of allylic oxidation sites excluding steroid dienone is 1. The molecule has 0 aliphatic rings.